The van der Waals surface area contributed by atoms with Crippen molar-refractivity contribution in [2.24, 2.45) is 5.92 Å². The van der Waals surface area contributed by atoms with Crippen molar-refractivity contribution in [3.8, 4) is 0 Å². The van der Waals surface area contributed by atoms with Gasteiger partial charge in [0.25, 0.3) is 0 Å². The fourth-order valence-corrected chi connectivity index (χ4v) is 2.32. The number of aromatic nitrogens is 2. The molecular weight excluding hydrogens is 231 g/mol. The maximum absolute atomic E-state index is 12.6. The monoisotopic (exact) mass is 252 g/mol. The molecule has 2 rings (SSSR count). The van der Waals surface area contributed by atoms with Crippen molar-refractivity contribution in [1.82, 2.24) is 14.9 Å². The number of rotatable bonds is 5. The number of hydrogen-bond acceptors (Lipinski definition) is 4. The number of halogens is 1. The highest BCUT2D eigenvalue weighted by atomic mass is 19.1. The van der Waals surface area contributed by atoms with Crippen LogP contribution in [0.25, 0.3) is 0 Å². The lowest BCUT2D eigenvalue weighted by Gasteiger charge is -2.29. The molecule has 1 aliphatic rings. The van der Waals surface area contributed by atoms with Crippen molar-refractivity contribution < 1.29 is 4.39 Å². The average Bonchev–Trinajstić information content (AvgIpc) is 2.39. The summed E-state index contributed by atoms with van der Waals surface area (Å²) in [5.41, 5.74) is 0. The summed E-state index contributed by atoms with van der Waals surface area (Å²) in [4.78, 5) is 10.3. The van der Waals surface area contributed by atoms with E-state index in [1.54, 1.807) is 0 Å². The van der Waals surface area contributed by atoms with Crippen LogP contribution in [-0.2, 0) is 0 Å². The smallest absolute Gasteiger partial charge is 0.222 e. The Morgan fingerprint density at radius 3 is 2.61 bits per heavy atom. The summed E-state index contributed by atoms with van der Waals surface area (Å²) in [5.74, 6) is 0.639. The van der Waals surface area contributed by atoms with E-state index in [9.17, 15) is 4.39 Å². The fourth-order valence-electron chi connectivity index (χ4n) is 2.32. The van der Waals surface area contributed by atoms with Gasteiger partial charge in [0.1, 0.15) is 0 Å². The molecule has 5 heteroatoms. The molecule has 0 aromatic carbocycles. The van der Waals surface area contributed by atoms with Crippen molar-refractivity contribution >= 4 is 5.95 Å². The van der Waals surface area contributed by atoms with E-state index >= 15 is 0 Å². The molecule has 1 aromatic heterocycles. The van der Waals surface area contributed by atoms with Gasteiger partial charge in [0, 0.05) is 13.1 Å². The van der Waals surface area contributed by atoms with E-state index in [-0.39, 0.29) is 0 Å². The van der Waals surface area contributed by atoms with Gasteiger partial charge in [0.2, 0.25) is 5.95 Å². The van der Waals surface area contributed by atoms with Crippen LogP contribution in [0.3, 0.4) is 0 Å². The van der Waals surface area contributed by atoms with E-state index < -0.39 is 5.82 Å². The van der Waals surface area contributed by atoms with Crippen LogP contribution in [0, 0.1) is 11.7 Å². The van der Waals surface area contributed by atoms with Crippen LogP contribution in [0.5, 0.6) is 0 Å². The third-order valence-electron chi connectivity index (χ3n) is 3.25. The topological polar surface area (TPSA) is 41.1 Å². The molecular formula is C13H21FN4. The van der Waals surface area contributed by atoms with E-state index in [0.29, 0.717) is 11.9 Å². The lowest BCUT2D eigenvalue weighted by atomic mass is 10.1. The molecule has 1 aliphatic heterocycles. The first-order valence-corrected chi connectivity index (χ1v) is 6.68. The first-order chi connectivity index (χ1) is 8.74. The molecule has 1 N–H and O–H groups in total. The summed E-state index contributed by atoms with van der Waals surface area (Å²) >= 11 is 0. The van der Waals surface area contributed by atoms with E-state index in [2.05, 4.69) is 27.1 Å². The lowest BCUT2D eigenvalue weighted by Crippen LogP contribution is -2.35. The molecule has 0 saturated carbocycles. The predicted molar refractivity (Wildman–Crippen MR) is 69.9 cm³/mol. The molecule has 1 unspecified atom stereocenters. The number of anilines is 1. The molecule has 100 valence electrons. The minimum Gasteiger partial charge on any atom is -0.354 e. The maximum atomic E-state index is 12.6. The average molecular weight is 252 g/mol. The molecule has 4 nitrogen and oxygen atoms in total. The Morgan fingerprint density at radius 2 is 1.94 bits per heavy atom. The molecule has 0 radical (unpaired) electrons. The van der Waals surface area contributed by atoms with Gasteiger partial charge in [0.05, 0.1) is 12.4 Å². The Hall–Kier alpha value is -1.23. The third-order valence-corrected chi connectivity index (χ3v) is 3.25. The summed E-state index contributed by atoms with van der Waals surface area (Å²) in [6, 6.07) is 0. The molecule has 0 aliphatic carbocycles. The van der Waals surface area contributed by atoms with Crippen LogP contribution in [0.1, 0.15) is 26.2 Å². The maximum Gasteiger partial charge on any atom is 0.222 e. The highest BCUT2D eigenvalue weighted by Crippen LogP contribution is 2.11. The summed E-state index contributed by atoms with van der Waals surface area (Å²) in [6.45, 7) is 6.58. The minimum atomic E-state index is -0.401. The third kappa shape index (κ3) is 4.22. The summed E-state index contributed by atoms with van der Waals surface area (Å²) in [5, 5.41) is 3.15. The van der Waals surface area contributed by atoms with Gasteiger partial charge in [-0.1, -0.05) is 13.3 Å². The van der Waals surface area contributed by atoms with Gasteiger partial charge in [-0.05, 0) is 31.8 Å². The molecule has 0 spiro atoms. The summed E-state index contributed by atoms with van der Waals surface area (Å²) in [6.07, 6.45) is 6.38. The minimum absolute atomic E-state index is 0.401. The fraction of sp³-hybridized carbons (Fsp3) is 0.692. The Bertz CT molecular complexity index is 349. The molecule has 1 saturated heterocycles. The quantitative estimate of drug-likeness (QED) is 0.871. The van der Waals surface area contributed by atoms with Crippen molar-refractivity contribution in [2.75, 3.05) is 31.5 Å². The molecule has 0 amide bonds. The summed E-state index contributed by atoms with van der Waals surface area (Å²) in [7, 11) is 0. The molecule has 1 fully saturated rings. The van der Waals surface area contributed by atoms with E-state index in [4.69, 9.17) is 0 Å². The van der Waals surface area contributed by atoms with Crippen molar-refractivity contribution in [1.29, 1.82) is 0 Å². The van der Waals surface area contributed by atoms with Crippen molar-refractivity contribution in [2.45, 2.75) is 26.2 Å². The van der Waals surface area contributed by atoms with Crippen LogP contribution in [-0.4, -0.2) is 41.0 Å². The SMILES string of the molecule is CC(CNc1ncc(F)cn1)CN1CCCCC1. The Labute approximate surface area is 108 Å². The lowest BCUT2D eigenvalue weighted by molar-refractivity contribution is 0.204. The molecule has 0 bridgehead atoms. The normalized spacial score (nSPS) is 18.6. The Morgan fingerprint density at radius 1 is 1.28 bits per heavy atom. The number of nitrogens with one attached hydrogen (secondary N) is 1. The number of nitrogens with zero attached hydrogens (tertiary/aromatic N) is 3. The van der Waals surface area contributed by atoms with Gasteiger partial charge < -0.3 is 10.2 Å². The van der Waals surface area contributed by atoms with E-state index in [1.807, 2.05) is 0 Å². The van der Waals surface area contributed by atoms with Gasteiger partial charge in [0.15, 0.2) is 5.82 Å². The van der Waals surface area contributed by atoms with Gasteiger partial charge in [-0.3, -0.25) is 0 Å². The van der Waals surface area contributed by atoms with Crippen LogP contribution >= 0.6 is 0 Å². The zero-order valence-corrected chi connectivity index (χ0v) is 10.9. The first-order valence-electron chi connectivity index (χ1n) is 6.68. The van der Waals surface area contributed by atoms with E-state index in [0.717, 1.165) is 13.1 Å². The second-order valence-electron chi connectivity index (χ2n) is 5.07. The number of piperidine rings is 1. The number of likely N-dealkylation sites (tertiary alicyclic amines) is 1. The molecule has 18 heavy (non-hydrogen) atoms. The van der Waals surface area contributed by atoms with Crippen molar-refractivity contribution in [3.05, 3.63) is 18.2 Å². The molecule has 2 heterocycles. The number of hydrogen-bond donors (Lipinski definition) is 1. The van der Waals surface area contributed by atoms with Gasteiger partial charge >= 0.3 is 0 Å². The standard InChI is InChI=1S/C13H21FN4/c1-11(10-18-5-3-2-4-6-18)7-15-13-16-8-12(14)9-17-13/h8-9,11H,2-7,10H2,1H3,(H,15,16,17). The zero-order valence-electron chi connectivity index (χ0n) is 10.9. The largest absolute Gasteiger partial charge is 0.354 e. The summed E-state index contributed by atoms with van der Waals surface area (Å²) < 4.78 is 12.6. The van der Waals surface area contributed by atoms with Crippen LogP contribution in [0.4, 0.5) is 10.3 Å². The predicted octanol–water partition coefficient (Wildman–Crippen LogP) is 2.15. The van der Waals surface area contributed by atoms with Crippen LogP contribution in [0.2, 0.25) is 0 Å². The van der Waals surface area contributed by atoms with Gasteiger partial charge in [-0.2, -0.15) is 0 Å². The molecule has 1 aromatic rings. The zero-order chi connectivity index (χ0) is 12.8. The Kier molecular flexibility index (Phi) is 4.87. The first kappa shape index (κ1) is 13.2. The molecule has 1 atom stereocenters. The van der Waals surface area contributed by atoms with E-state index in [1.165, 1.54) is 44.7 Å². The van der Waals surface area contributed by atoms with Crippen LogP contribution < -0.4 is 5.32 Å². The van der Waals surface area contributed by atoms with Crippen molar-refractivity contribution in [3.63, 3.8) is 0 Å². The second-order valence-corrected chi connectivity index (χ2v) is 5.07. The van der Waals surface area contributed by atoms with Crippen LogP contribution in [0.15, 0.2) is 12.4 Å². The second kappa shape index (κ2) is 6.64. The highest BCUT2D eigenvalue weighted by molar-refractivity contribution is 5.22. The highest BCUT2D eigenvalue weighted by Gasteiger charge is 2.13. The van der Waals surface area contributed by atoms with Gasteiger partial charge in [-0.15, -0.1) is 0 Å². The van der Waals surface area contributed by atoms with Gasteiger partial charge in [-0.25, -0.2) is 14.4 Å². The Balaban J connectivity index is 1.70.